The molecule has 2 heterocycles. The van der Waals surface area contributed by atoms with Gasteiger partial charge in [-0.25, -0.2) is 0 Å². The van der Waals surface area contributed by atoms with Gasteiger partial charge in [0.25, 0.3) is 11.7 Å². The molecule has 6 nitrogen and oxygen atoms in total. The number of hydrogen-bond donors (Lipinski definition) is 1. The van der Waals surface area contributed by atoms with E-state index in [1.54, 1.807) is 37.3 Å². The lowest BCUT2D eigenvalue weighted by Crippen LogP contribution is -2.29. The molecule has 0 spiro atoms. The number of pyridine rings is 1. The van der Waals surface area contributed by atoms with Crippen LogP contribution in [0.5, 0.6) is 5.75 Å². The van der Waals surface area contributed by atoms with Gasteiger partial charge in [0.15, 0.2) is 0 Å². The van der Waals surface area contributed by atoms with E-state index in [-0.39, 0.29) is 23.4 Å². The zero-order valence-corrected chi connectivity index (χ0v) is 20.2. The number of nitrogens with zero attached hydrogens (tertiary/aromatic N) is 2. The van der Waals surface area contributed by atoms with E-state index in [4.69, 9.17) is 4.74 Å². The number of ether oxygens (including phenoxy) is 1. The molecule has 1 saturated heterocycles. The highest BCUT2D eigenvalue weighted by Gasteiger charge is 2.46. The Balaban J connectivity index is 1.79. The number of hydrogen-bond acceptors (Lipinski definition) is 5. The lowest BCUT2D eigenvalue weighted by Gasteiger charge is -2.25. The summed E-state index contributed by atoms with van der Waals surface area (Å²) in [6, 6.07) is 11.7. The van der Waals surface area contributed by atoms with Crippen LogP contribution in [0.3, 0.4) is 0 Å². The number of aliphatic hydroxyl groups is 1. The van der Waals surface area contributed by atoms with Crippen LogP contribution in [0.4, 0.5) is 13.2 Å². The summed E-state index contributed by atoms with van der Waals surface area (Å²) in [6.07, 6.45) is -0.768. The van der Waals surface area contributed by atoms with E-state index < -0.39 is 29.5 Å². The van der Waals surface area contributed by atoms with E-state index in [1.165, 1.54) is 24.5 Å². The van der Waals surface area contributed by atoms with Crippen molar-refractivity contribution in [2.75, 3.05) is 6.61 Å². The molecule has 192 valence electrons. The lowest BCUT2D eigenvalue weighted by atomic mass is 9.95. The zero-order valence-electron chi connectivity index (χ0n) is 20.2. The van der Waals surface area contributed by atoms with Crippen LogP contribution in [-0.2, 0) is 22.3 Å². The number of carbonyl (C=O) groups is 2. The van der Waals surface area contributed by atoms with E-state index in [0.29, 0.717) is 23.5 Å². The SMILES string of the molecule is CCCOc1ccc(/C(O)=C2\C(=O)C(=O)N(Cc3cccc(C(F)(F)F)c3)C2c2cccnc2)cc1C. The van der Waals surface area contributed by atoms with Gasteiger partial charge in [0.2, 0.25) is 0 Å². The maximum Gasteiger partial charge on any atom is 0.416 e. The van der Waals surface area contributed by atoms with Crippen molar-refractivity contribution in [1.29, 1.82) is 0 Å². The van der Waals surface area contributed by atoms with Crippen LogP contribution < -0.4 is 4.74 Å². The highest BCUT2D eigenvalue weighted by molar-refractivity contribution is 6.46. The number of likely N-dealkylation sites (tertiary alicyclic amines) is 1. The number of rotatable bonds is 7. The van der Waals surface area contributed by atoms with Gasteiger partial charge in [-0.05, 0) is 66.4 Å². The van der Waals surface area contributed by atoms with Gasteiger partial charge in [0.05, 0.1) is 23.8 Å². The molecule has 1 atom stereocenters. The number of benzene rings is 2. The van der Waals surface area contributed by atoms with Crippen molar-refractivity contribution in [3.8, 4) is 5.75 Å². The summed E-state index contributed by atoms with van der Waals surface area (Å²) in [6.45, 7) is 4.03. The first-order valence-corrected chi connectivity index (χ1v) is 11.7. The molecule has 2 aromatic carbocycles. The molecule has 1 unspecified atom stereocenters. The van der Waals surface area contributed by atoms with Gasteiger partial charge < -0.3 is 14.7 Å². The van der Waals surface area contributed by atoms with Crippen LogP contribution in [-0.4, -0.2) is 33.3 Å². The van der Waals surface area contributed by atoms with Crippen molar-refractivity contribution in [2.45, 2.75) is 39.0 Å². The van der Waals surface area contributed by atoms with Crippen LogP contribution in [0.2, 0.25) is 0 Å². The molecule has 9 heteroatoms. The van der Waals surface area contributed by atoms with Gasteiger partial charge >= 0.3 is 6.18 Å². The second-order valence-electron chi connectivity index (χ2n) is 8.74. The zero-order chi connectivity index (χ0) is 26.7. The first-order valence-electron chi connectivity index (χ1n) is 11.7. The number of alkyl halides is 3. The molecule has 0 bridgehead atoms. The number of carbonyl (C=O) groups excluding carboxylic acids is 2. The minimum absolute atomic E-state index is 0.161. The predicted molar refractivity (Wildman–Crippen MR) is 130 cm³/mol. The quantitative estimate of drug-likeness (QED) is 0.246. The van der Waals surface area contributed by atoms with Crippen molar-refractivity contribution in [2.24, 2.45) is 0 Å². The molecule has 1 fully saturated rings. The third-order valence-electron chi connectivity index (χ3n) is 6.06. The van der Waals surface area contributed by atoms with E-state index in [9.17, 15) is 27.9 Å². The third kappa shape index (κ3) is 5.35. The number of amides is 1. The Morgan fingerprint density at radius 2 is 1.89 bits per heavy atom. The molecule has 1 aliphatic heterocycles. The minimum Gasteiger partial charge on any atom is -0.507 e. The second kappa shape index (κ2) is 10.5. The number of aliphatic hydroxyl groups excluding tert-OH is 1. The highest BCUT2D eigenvalue weighted by atomic mass is 19.4. The summed E-state index contributed by atoms with van der Waals surface area (Å²) in [5.41, 5.74) is 0.654. The van der Waals surface area contributed by atoms with E-state index in [1.807, 2.05) is 6.92 Å². The molecular weight excluding hydrogens is 485 g/mol. The fourth-order valence-corrected chi connectivity index (χ4v) is 4.30. The topological polar surface area (TPSA) is 79.7 Å². The molecule has 37 heavy (non-hydrogen) atoms. The molecule has 4 rings (SSSR count). The number of halogens is 3. The first kappa shape index (κ1) is 25.9. The Hall–Kier alpha value is -4.14. The summed E-state index contributed by atoms with van der Waals surface area (Å²) in [5, 5.41) is 11.2. The average Bonchev–Trinajstić information content (AvgIpc) is 3.12. The van der Waals surface area contributed by atoms with E-state index in [2.05, 4.69) is 4.98 Å². The monoisotopic (exact) mass is 510 g/mol. The fraction of sp³-hybridized carbons (Fsp3) is 0.250. The Morgan fingerprint density at radius 1 is 1.11 bits per heavy atom. The molecule has 0 radical (unpaired) electrons. The molecule has 1 aromatic heterocycles. The number of ketones is 1. The molecule has 0 saturated carbocycles. The normalized spacial score (nSPS) is 17.3. The van der Waals surface area contributed by atoms with Gasteiger partial charge in [-0.15, -0.1) is 0 Å². The maximum atomic E-state index is 13.3. The predicted octanol–water partition coefficient (Wildman–Crippen LogP) is 5.82. The van der Waals surface area contributed by atoms with Gasteiger partial charge in [-0.1, -0.05) is 25.1 Å². The Morgan fingerprint density at radius 3 is 2.54 bits per heavy atom. The van der Waals surface area contributed by atoms with Gasteiger partial charge in [-0.2, -0.15) is 13.2 Å². The van der Waals surface area contributed by atoms with Crippen molar-refractivity contribution >= 4 is 17.4 Å². The highest BCUT2D eigenvalue weighted by Crippen LogP contribution is 2.41. The molecule has 0 aliphatic carbocycles. The molecule has 1 N–H and O–H groups in total. The molecule has 1 amide bonds. The van der Waals surface area contributed by atoms with Crippen molar-refractivity contribution in [3.63, 3.8) is 0 Å². The van der Waals surface area contributed by atoms with Crippen LogP contribution in [0.1, 0.15) is 47.2 Å². The van der Waals surface area contributed by atoms with Crippen LogP contribution in [0.15, 0.2) is 72.6 Å². The van der Waals surface area contributed by atoms with Crippen molar-refractivity contribution in [3.05, 3.63) is 100 Å². The summed E-state index contributed by atoms with van der Waals surface area (Å²) >= 11 is 0. The molecular formula is C28H25F3N2O4. The van der Waals surface area contributed by atoms with Crippen molar-refractivity contribution < 1.29 is 32.6 Å². The smallest absolute Gasteiger partial charge is 0.416 e. The van der Waals surface area contributed by atoms with Crippen LogP contribution >= 0.6 is 0 Å². The number of aromatic nitrogens is 1. The standard InChI is InChI=1S/C28H25F3N2O4/c1-3-12-37-22-10-9-19(13-17(22)2)25(34)23-24(20-7-5-11-32-15-20)33(27(36)26(23)35)16-18-6-4-8-21(14-18)28(29,30)31/h4-11,13-15,24,34H,3,12,16H2,1-2H3/b25-23+. The van der Waals surface area contributed by atoms with Gasteiger partial charge in [0.1, 0.15) is 11.5 Å². The van der Waals surface area contributed by atoms with Crippen molar-refractivity contribution in [1.82, 2.24) is 9.88 Å². The minimum atomic E-state index is -4.56. The van der Waals surface area contributed by atoms with Crippen LogP contribution in [0.25, 0.3) is 5.76 Å². The number of aryl methyl sites for hydroxylation is 1. The third-order valence-corrected chi connectivity index (χ3v) is 6.06. The summed E-state index contributed by atoms with van der Waals surface area (Å²) in [4.78, 5) is 31.5. The van der Waals surface area contributed by atoms with E-state index >= 15 is 0 Å². The Labute approximate surface area is 212 Å². The van der Waals surface area contributed by atoms with E-state index in [0.717, 1.165) is 29.0 Å². The maximum absolute atomic E-state index is 13.3. The number of Topliss-reactive ketones (excluding diaryl/α,β-unsaturated/α-hetero) is 1. The van der Waals surface area contributed by atoms with Gasteiger partial charge in [0, 0.05) is 24.5 Å². The summed E-state index contributed by atoms with van der Waals surface area (Å²) in [7, 11) is 0. The first-order chi connectivity index (χ1) is 17.6. The fourth-order valence-electron chi connectivity index (χ4n) is 4.30. The average molecular weight is 511 g/mol. The summed E-state index contributed by atoms with van der Waals surface area (Å²) < 4.78 is 45.4. The van der Waals surface area contributed by atoms with Crippen LogP contribution in [0, 0.1) is 6.92 Å². The molecule has 3 aromatic rings. The molecule has 1 aliphatic rings. The lowest BCUT2D eigenvalue weighted by molar-refractivity contribution is -0.140. The second-order valence-corrected chi connectivity index (χ2v) is 8.74. The Kier molecular flexibility index (Phi) is 7.33. The Bertz CT molecular complexity index is 1350. The summed E-state index contributed by atoms with van der Waals surface area (Å²) in [5.74, 6) is -1.61. The van der Waals surface area contributed by atoms with Gasteiger partial charge in [-0.3, -0.25) is 14.6 Å². The largest absolute Gasteiger partial charge is 0.507 e.